The van der Waals surface area contributed by atoms with Gasteiger partial charge in [0.2, 0.25) is 0 Å². The van der Waals surface area contributed by atoms with E-state index in [1.165, 1.54) is 29.7 Å². The van der Waals surface area contributed by atoms with Gasteiger partial charge < -0.3 is 5.32 Å². The van der Waals surface area contributed by atoms with Gasteiger partial charge in [-0.1, -0.05) is 15.9 Å². The lowest BCUT2D eigenvalue weighted by Gasteiger charge is -2.24. The first-order valence-corrected chi connectivity index (χ1v) is 7.78. The lowest BCUT2D eigenvalue weighted by Crippen LogP contribution is -2.22. The number of rotatable bonds is 2. The summed E-state index contributed by atoms with van der Waals surface area (Å²) in [6, 6.07) is 6.63. The number of hydrogen-bond acceptors (Lipinski definition) is 3. The standard InChI is InChI=1S/C16H18BrN3/c1-10-8-11(17)6-7-12(10)16-19-9-13-14(18-2)4-3-5-15(13)20-16/h6-9,14,18H,3-5H2,1-2H3. The molecule has 0 aliphatic heterocycles. The summed E-state index contributed by atoms with van der Waals surface area (Å²) < 4.78 is 1.09. The highest BCUT2D eigenvalue weighted by Gasteiger charge is 2.21. The third kappa shape index (κ3) is 2.50. The van der Waals surface area contributed by atoms with Gasteiger partial charge in [-0.25, -0.2) is 9.97 Å². The minimum Gasteiger partial charge on any atom is -0.313 e. The minimum atomic E-state index is 0.402. The molecule has 1 atom stereocenters. The summed E-state index contributed by atoms with van der Waals surface area (Å²) in [4.78, 5) is 9.39. The Balaban J connectivity index is 2.04. The predicted molar refractivity (Wildman–Crippen MR) is 84.6 cm³/mol. The van der Waals surface area contributed by atoms with Crippen LogP contribution in [0.1, 0.15) is 35.7 Å². The Hall–Kier alpha value is -1.26. The van der Waals surface area contributed by atoms with Gasteiger partial charge in [-0.2, -0.15) is 0 Å². The van der Waals surface area contributed by atoms with Crippen molar-refractivity contribution in [3.05, 3.63) is 45.7 Å². The van der Waals surface area contributed by atoms with Crippen LogP contribution < -0.4 is 5.32 Å². The maximum atomic E-state index is 4.81. The number of aromatic nitrogens is 2. The minimum absolute atomic E-state index is 0.402. The maximum Gasteiger partial charge on any atom is 0.159 e. The Bertz CT molecular complexity index is 640. The number of nitrogens with one attached hydrogen (secondary N) is 1. The average molecular weight is 332 g/mol. The van der Waals surface area contributed by atoms with Crippen LogP contribution >= 0.6 is 15.9 Å². The van der Waals surface area contributed by atoms with Gasteiger partial charge in [-0.15, -0.1) is 0 Å². The summed E-state index contributed by atoms with van der Waals surface area (Å²) in [5, 5.41) is 3.35. The van der Waals surface area contributed by atoms with Gasteiger partial charge in [-0.3, -0.25) is 0 Å². The summed E-state index contributed by atoms with van der Waals surface area (Å²) in [5.74, 6) is 0.838. The number of aryl methyl sites for hydroxylation is 2. The number of benzene rings is 1. The van der Waals surface area contributed by atoms with Crippen molar-refractivity contribution in [2.75, 3.05) is 7.05 Å². The molecule has 104 valence electrons. The molecule has 0 saturated carbocycles. The molecule has 2 aromatic rings. The van der Waals surface area contributed by atoms with Crippen molar-refractivity contribution >= 4 is 15.9 Å². The fourth-order valence-electron chi connectivity index (χ4n) is 2.85. The first kappa shape index (κ1) is 13.7. The number of nitrogens with zero attached hydrogens (tertiary/aromatic N) is 2. The van der Waals surface area contributed by atoms with Crippen molar-refractivity contribution in [2.24, 2.45) is 0 Å². The van der Waals surface area contributed by atoms with E-state index in [1.54, 1.807) is 0 Å². The third-order valence-corrected chi connectivity index (χ3v) is 4.45. The van der Waals surface area contributed by atoms with E-state index in [1.807, 2.05) is 19.3 Å². The molecule has 3 nitrogen and oxygen atoms in total. The van der Waals surface area contributed by atoms with Crippen molar-refractivity contribution in [1.82, 2.24) is 15.3 Å². The van der Waals surface area contributed by atoms with Crippen molar-refractivity contribution in [3.63, 3.8) is 0 Å². The molecule has 1 aromatic carbocycles. The molecule has 3 rings (SSSR count). The zero-order valence-electron chi connectivity index (χ0n) is 11.8. The highest BCUT2D eigenvalue weighted by Crippen LogP contribution is 2.30. The number of halogens is 1. The van der Waals surface area contributed by atoms with Gasteiger partial charge in [0.1, 0.15) is 0 Å². The molecule has 20 heavy (non-hydrogen) atoms. The summed E-state index contributed by atoms with van der Waals surface area (Å²) in [7, 11) is 2.01. The van der Waals surface area contributed by atoms with Crippen molar-refractivity contribution < 1.29 is 0 Å². The summed E-state index contributed by atoms with van der Waals surface area (Å²) in [6.07, 6.45) is 5.41. The van der Waals surface area contributed by atoms with E-state index in [2.05, 4.69) is 45.3 Å². The topological polar surface area (TPSA) is 37.8 Å². The van der Waals surface area contributed by atoms with E-state index >= 15 is 0 Å². The van der Waals surface area contributed by atoms with Gasteiger partial charge in [0, 0.05) is 33.5 Å². The maximum absolute atomic E-state index is 4.81. The summed E-state index contributed by atoms with van der Waals surface area (Å²) >= 11 is 3.50. The molecule has 0 spiro atoms. The molecule has 1 N–H and O–H groups in total. The Morgan fingerprint density at radius 1 is 1.35 bits per heavy atom. The molecule has 0 saturated heterocycles. The number of fused-ring (bicyclic) bond motifs is 1. The largest absolute Gasteiger partial charge is 0.313 e. The Morgan fingerprint density at radius 3 is 2.95 bits per heavy atom. The third-order valence-electron chi connectivity index (χ3n) is 3.96. The highest BCUT2D eigenvalue weighted by atomic mass is 79.9. The van der Waals surface area contributed by atoms with Crippen LogP contribution in [0.5, 0.6) is 0 Å². The summed E-state index contributed by atoms with van der Waals surface area (Å²) in [6.45, 7) is 2.10. The zero-order chi connectivity index (χ0) is 14.1. The van der Waals surface area contributed by atoms with Crippen molar-refractivity contribution in [3.8, 4) is 11.4 Å². The Kier molecular flexibility index (Phi) is 3.85. The smallest absolute Gasteiger partial charge is 0.159 e. The van der Waals surface area contributed by atoms with Crippen LogP contribution in [0.2, 0.25) is 0 Å². The van der Waals surface area contributed by atoms with Gasteiger partial charge in [0.05, 0.1) is 0 Å². The second-order valence-corrected chi connectivity index (χ2v) is 6.20. The van der Waals surface area contributed by atoms with E-state index in [4.69, 9.17) is 4.98 Å². The molecule has 1 heterocycles. The second-order valence-electron chi connectivity index (χ2n) is 5.29. The van der Waals surface area contributed by atoms with Crippen molar-refractivity contribution in [2.45, 2.75) is 32.2 Å². The average Bonchev–Trinajstić information content (AvgIpc) is 2.46. The zero-order valence-corrected chi connectivity index (χ0v) is 13.4. The molecule has 1 aromatic heterocycles. The lowest BCUT2D eigenvalue weighted by molar-refractivity contribution is 0.488. The first-order valence-electron chi connectivity index (χ1n) is 6.98. The highest BCUT2D eigenvalue weighted by molar-refractivity contribution is 9.10. The number of hydrogen-bond donors (Lipinski definition) is 1. The molecule has 1 aliphatic carbocycles. The van der Waals surface area contributed by atoms with Crippen molar-refractivity contribution in [1.29, 1.82) is 0 Å². The molecular formula is C16H18BrN3. The molecule has 0 fully saturated rings. The fourth-order valence-corrected chi connectivity index (χ4v) is 3.33. The molecule has 1 unspecified atom stereocenters. The second kappa shape index (κ2) is 5.62. The van der Waals surface area contributed by atoms with Gasteiger partial charge in [0.15, 0.2) is 5.82 Å². The van der Waals surface area contributed by atoms with E-state index in [0.717, 1.165) is 22.3 Å². The SMILES string of the molecule is CNC1CCCc2nc(-c3ccc(Br)cc3C)ncc21. The molecular weight excluding hydrogens is 314 g/mol. The molecule has 1 aliphatic rings. The normalized spacial score (nSPS) is 17.9. The molecule has 0 radical (unpaired) electrons. The molecule has 0 bridgehead atoms. The quantitative estimate of drug-likeness (QED) is 0.909. The first-order chi connectivity index (χ1) is 9.69. The Morgan fingerprint density at radius 2 is 2.20 bits per heavy atom. The van der Waals surface area contributed by atoms with Gasteiger partial charge >= 0.3 is 0 Å². The van der Waals surface area contributed by atoms with Crippen LogP contribution in [0.4, 0.5) is 0 Å². The van der Waals surface area contributed by atoms with Crippen LogP contribution in [0, 0.1) is 6.92 Å². The van der Waals surface area contributed by atoms with Crippen LogP contribution in [0.15, 0.2) is 28.9 Å². The van der Waals surface area contributed by atoms with Crippen LogP contribution in [-0.2, 0) is 6.42 Å². The van der Waals surface area contributed by atoms with Gasteiger partial charge in [-0.05, 0) is 57.0 Å². The fraction of sp³-hybridized carbons (Fsp3) is 0.375. The van der Waals surface area contributed by atoms with Crippen LogP contribution in [-0.4, -0.2) is 17.0 Å². The predicted octanol–water partition coefficient (Wildman–Crippen LogP) is 3.81. The molecule has 4 heteroatoms. The van der Waals surface area contributed by atoms with E-state index in [0.29, 0.717) is 6.04 Å². The van der Waals surface area contributed by atoms with Gasteiger partial charge in [0.25, 0.3) is 0 Å². The van der Waals surface area contributed by atoms with Crippen LogP contribution in [0.25, 0.3) is 11.4 Å². The summed E-state index contributed by atoms with van der Waals surface area (Å²) in [5.41, 5.74) is 4.77. The molecule has 0 amide bonds. The monoisotopic (exact) mass is 331 g/mol. The van der Waals surface area contributed by atoms with Crippen LogP contribution in [0.3, 0.4) is 0 Å². The van der Waals surface area contributed by atoms with E-state index in [-0.39, 0.29) is 0 Å². The Labute approximate surface area is 128 Å². The van der Waals surface area contributed by atoms with E-state index < -0.39 is 0 Å². The van der Waals surface area contributed by atoms with E-state index in [9.17, 15) is 0 Å². The lowest BCUT2D eigenvalue weighted by atomic mass is 9.92.